The third-order valence-electron chi connectivity index (χ3n) is 4.62. The highest BCUT2D eigenvalue weighted by atomic mass is 16.2. The molecule has 1 aromatic rings. The van der Waals surface area contributed by atoms with E-state index in [1.54, 1.807) is 12.4 Å². The zero-order valence-corrected chi connectivity index (χ0v) is 13.7. The molecule has 1 amide bonds. The van der Waals surface area contributed by atoms with Crippen LogP contribution in [-0.4, -0.2) is 52.2 Å². The smallest absolute Gasteiger partial charge is 0.326 e. The van der Waals surface area contributed by atoms with E-state index in [0.29, 0.717) is 31.1 Å². The van der Waals surface area contributed by atoms with Crippen LogP contribution in [0.15, 0.2) is 18.7 Å². The van der Waals surface area contributed by atoms with E-state index in [2.05, 4.69) is 29.0 Å². The number of amides is 1. The van der Waals surface area contributed by atoms with Crippen LogP contribution in [0.1, 0.15) is 39.5 Å². The summed E-state index contributed by atoms with van der Waals surface area (Å²) in [5, 5.41) is 2.96. The van der Waals surface area contributed by atoms with Gasteiger partial charge in [-0.25, -0.2) is 9.78 Å². The molecule has 2 rings (SSSR count). The van der Waals surface area contributed by atoms with Gasteiger partial charge in [-0.3, -0.25) is 9.47 Å². The molecule has 1 aromatic heterocycles. The van der Waals surface area contributed by atoms with Gasteiger partial charge in [0.15, 0.2) is 0 Å². The van der Waals surface area contributed by atoms with Crippen molar-refractivity contribution >= 4 is 6.03 Å². The van der Waals surface area contributed by atoms with Crippen LogP contribution in [0.5, 0.6) is 0 Å². The Morgan fingerprint density at radius 2 is 2.18 bits per heavy atom. The third-order valence-corrected chi connectivity index (χ3v) is 4.62. The van der Waals surface area contributed by atoms with E-state index in [9.17, 15) is 4.79 Å². The summed E-state index contributed by atoms with van der Waals surface area (Å²) in [5.74, 6) is 0.523. The molecule has 1 heterocycles. The minimum Gasteiger partial charge on any atom is -0.336 e. The Morgan fingerprint density at radius 3 is 2.73 bits per heavy atom. The first-order valence-electron chi connectivity index (χ1n) is 8.35. The highest BCUT2D eigenvalue weighted by molar-refractivity contribution is 5.76. The predicted molar refractivity (Wildman–Crippen MR) is 87.7 cm³/mol. The van der Waals surface area contributed by atoms with Gasteiger partial charge in [0.1, 0.15) is 6.33 Å². The Labute approximate surface area is 133 Å². The number of nitrogens with one attached hydrogen (secondary N) is 1. The molecule has 1 saturated carbocycles. The Bertz CT molecular complexity index is 439. The van der Waals surface area contributed by atoms with E-state index < -0.39 is 0 Å². The van der Waals surface area contributed by atoms with Crippen molar-refractivity contribution in [3.63, 3.8) is 0 Å². The van der Waals surface area contributed by atoms with Gasteiger partial charge in [0.25, 0.3) is 0 Å². The van der Waals surface area contributed by atoms with Crippen LogP contribution in [0, 0.1) is 5.92 Å². The average Bonchev–Trinajstić information content (AvgIpc) is 3.19. The molecule has 1 aliphatic rings. The Morgan fingerprint density at radius 1 is 1.45 bits per heavy atom. The van der Waals surface area contributed by atoms with Crippen LogP contribution >= 0.6 is 0 Å². The number of nitrogens with two attached hydrogens (primary N) is 1. The lowest BCUT2D eigenvalue weighted by Gasteiger charge is -2.38. The SMILES string of the molecule is CC(C)C(CN)N(CCNC(=O)n1ccnc1)C1CCCC1. The Balaban J connectivity index is 1.90. The summed E-state index contributed by atoms with van der Waals surface area (Å²) >= 11 is 0. The van der Waals surface area contributed by atoms with E-state index in [1.807, 2.05) is 0 Å². The molecular weight excluding hydrogens is 278 g/mol. The Hall–Kier alpha value is -1.40. The largest absolute Gasteiger partial charge is 0.336 e. The van der Waals surface area contributed by atoms with Crippen molar-refractivity contribution in [1.29, 1.82) is 0 Å². The van der Waals surface area contributed by atoms with Crippen LogP contribution in [0.25, 0.3) is 0 Å². The van der Waals surface area contributed by atoms with E-state index in [-0.39, 0.29) is 6.03 Å². The van der Waals surface area contributed by atoms with Crippen LogP contribution in [0.4, 0.5) is 4.79 Å². The highest BCUT2D eigenvalue weighted by Gasteiger charge is 2.29. The summed E-state index contributed by atoms with van der Waals surface area (Å²) in [5.41, 5.74) is 6.01. The van der Waals surface area contributed by atoms with Crippen LogP contribution in [0.2, 0.25) is 0 Å². The molecule has 1 atom stereocenters. The van der Waals surface area contributed by atoms with E-state index >= 15 is 0 Å². The fraction of sp³-hybridized carbons (Fsp3) is 0.750. The second kappa shape index (κ2) is 8.29. The monoisotopic (exact) mass is 307 g/mol. The second-order valence-electron chi connectivity index (χ2n) is 6.43. The maximum atomic E-state index is 12.0. The topological polar surface area (TPSA) is 76.2 Å². The van der Waals surface area contributed by atoms with E-state index in [0.717, 1.165) is 6.54 Å². The van der Waals surface area contributed by atoms with Gasteiger partial charge >= 0.3 is 6.03 Å². The van der Waals surface area contributed by atoms with Gasteiger partial charge in [0.05, 0.1) is 0 Å². The lowest BCUT2D eigenvalue weighted by molar-refractivity contribution is 0.109. The van der Waals surface area contributed by atoms with Crippen LogP contribution < -0.4 is 11.1 Å². The number of carbonyl (C=O) groups is 1. The van der Waals surface area contributed by atoms with Crippen molar-refractivity contribution in [2.45, 2.75) is 51.6 Å². The van der Waals surface area contributed by atoms with Gasteiger partial charge in [-0.1, -0.05) is 26.7 Å². The van der Waals surface area contributed by atoms with Crippen LogP contribution in [0.3, 0.4) is 0 Å². The summed E-state index contributed by atoms with van der Waals surface area (Å²) in [6.07, 6.45) is 9.88. The number of imidazole rings is 1. The quantitative estimate of drug-likeness (QED) is 0.803. The molecule has 0 saturated heterocycles. The molecule has 3 N–H and O–H groups in total. The third kappa shape index (κ3) is 4.30. The molecule has 1 fully saturated rings. The molecule has 22 heavy (non-hydrogen) atoms. The summed E-state index contributed by atoms with van der Waals surface area (Å²) in [7, 11) is 0. The molecule has 0 spiro atoms. The fourth-order valence-corrected chi connectivity index (χ4v) is 3.41. The van der Waals surface area contributed by atoms with E-state index in [1.165, 1.54) is 36.6 Å². The molecule has 0 radical (unpaired) electrons. The lowest BCUT2D eigenvalue weighted by Crippen LogP contribution is -2.51. The molecular formula is C16H29N5O. The summed E-state index contributed by atoms with van der Waals surface area (Å²) in [4.78, 5) is 18.4. The maximum absolute atomic E-state index is 12.0. The lowest BCUT2D eigenvalue weighted by atomic mass is 10.00. The van der Waals surface area contributed by atoms with Gasteiger partial charge in [0, 0.05) is 44.1 Å². The number of hydrogen-bond donors (Lipinski definition) is 2. The van der Waals surface area contributed by atoms with Gasteiger partial charge in [0.2, 0.25) is 0 Å². The molecule has 6 heteroatoms. The van der Waals surface area contributed by atoms with Gasteiger partial charge < -0.3 is 11.1 Å². The molecule has 1 unspecified atom stereocenters. The van der Waals surface area contributed by atoms with Gasteiger partial charge in [-0.2, -0.15) is 0 Å². The number of rotatable bonds is 7. The van der Waals surface area contributed by atoms with Crippen molar-refractivity contribution in [1.82, 2.24) is 19.8 Å². The molecule has 0 bridgehead atoms. The van der Waals surface area contributed by atoms with Crippen LogP contribution in [-0.2, 0) is 0 Å². The Kier molecular flexibility index (Phi) is 6.39. The second-order valence-corrected chi connectivity index (χ2v) is 6.43. The maximum Gasteiger partial charge on any atom is 0.326 e. The van der Waals surface area contributed by atoms with Crippen molar-refractivity contribution in [2.24, 2.45) is 11.7 Å². The first-order chi connectivity index (χ1) is 10.6. The fourth-order valence-electron chi connectivity index (χ4n) is 3.41. The molecule has 1 aliphatic carbocycles. The number of aromatic nitrogens is 2. The van der Waals surface area contributed by atoms with E-state index in [4.69, 9.17) is 5.73 Å². The average molecular weight is 307 g/mol. The van der Waals surface area contributed by atoms with Crippen molar-refractivity contribution in [3.05, 3.63) is 18.7 Å². The minimum absolute atomic E-state index is 0.127. The summed E-state index contributed by atoms with van der Waals surface area (Å²) < 4.78 is 1.46. The van der Waals surface area contributed by atoms with Crippen molar-refractivity contribution in [3.8, 4) is 0 Å². The summed E-state index contributed by atoms with van der Waals surface area (Å²) in [6.45, 7) is 6.61. The zero-order valence-electron chi connectivity index (χ0n) is 13.7. The molecule has 124 valence electrons. The standard InChI is InChI=1S/C16H29N5O/c1-13(2)15(11-17)21(14-5-3-4-6-14)10-8-19-16(22)20-9-7-18-12-20/h7,9,12-15H,3-6,8,10-11,17H2,1-2H3,(H,19,22). The molecule has 0 aromatic carbocycles. The number of carbonyl (C=O) groups excluding carboxylic acids is 1. The zero-order chi connectivity index (χ0) is 15.9. The molecule has 6 nitrogen and oxygen atoms in total. The number of nitrogens with zero attached hydrogens (tertiary/aromatic N) is 3. The predicted octanol–water partition coefficient (Wildman–Crippen LogP) is 1.67. The van der Waals surface area contributed by atoms with Gasteiger partial charge in [-0.05, 0) is 18.8 Å². The minimum atomic E-state index is -0.127. The normalized spacial score (nSPS) is 17.3. The van der Waals surface area contributed by atoms with Crippen molar-refractivity contribution in [2.75, 3.05) is 19.6 Å². The molecule has 0 aliphatic heterocycles. The number of hydrogen-bond acceptors (Lipinski definition) is 4. The highest BCUT2D eigenvalue weighted by Crippen LogP contribution is 2.26. The van der Waals surface area contributed by atoms with Crippen molar-refractivity contribution < 1.29 is 4.79 Å². The first kappa shape index (κ1) is 17.0. The van der Waals surface area contributed by atoms with Gasteiger partial charge in [-0.15, -0.1) is 0 Å². The summed E-state index contributed by atoms with van der Waals surface area (Å²) in [6, 6.07) is 0.868. The first-order valence-corrected chi connectivity index (χ1v) is 8.35.